The van der Waals surface area contributed by atoms with Crippen LogP contribution in [0.4, 0.5) is 0 Å². The number of para-hydroxylation sites is 1. The van der Waals surface area contributed by atoms with Crippen LogP contribution in [0.15, 0.2) is 64.3 Å². The van der Waals surface area contributed by atoms with Gasteiger partial charge in [-0.15, -0.1) is 0 Å². The number of hydrogen-bond donors (Lipinski definition) is 2. The average Bonchev–Trinajstić information content (AvgIpc) is 3.31. The predicted octanol–water partition coefficient (Wildman–Crippen LogP) is 3.86. The van der Waals surface area contributed by atoms with Gasteiger partial charge in [-0.3, -0.25) is 4.99 Å². The van der Waals surface area contributed by atoms with Crippen LogP contribution < -0.4 is 10.6 Å². The molecule has 0 fully saturated rings. The van der Waals surface area contributed by atoms with Gasteiger partial charge in [0.15, 0.2) is 5.96 Å². The molecule has 0 spiro atoms. The summed E-state index contributed by atoms with van der Waals surface area (Å²) in [6.07, 6.45) is 4.93. The molecule has 1 atom stereocenters. The van der Waals surface area contributed by atoms with E-state index >= 15 is 0 Å². The Labute approximate surface area is 164 Å². The molecular weight excluding hydrogens is 350 g/mol. The van der Waals surface area contributed by atoms with E-state index in [1.165, 1.54) is 5.56 Å². The van der Waals surface area contributed by atoms with Crippen molar-refractivity contribution < 1.29 is 4.42 Å². The van der Waals surface area contributed by atoms with Crippen molar-refractivity contribution in [3.63, 3.8) is 0 Å². The Morgan fingerprint density at radius 1 is 1.25 bits per heavy atom. The number of guanidine groups is 1. The zero-order valence-corrected chi connectivity index (χ0v) is 16.4. The maximum atomic E-state index is 5.94. The van der Waals surface area contributed by atoms with Crippen molar-refractivity contribution in [1.82, 2.24) is 20.0 Å². The average molecular weight is 375 g/mol. The summed E-state index contributed by atoms with van der Waals surface area (Å²) >= 11 is 0. The molecular formula is C22H25N5O. The Bertz CT molecular complexity index is 1090. The Morgan fingerprint density at radius 2 is 2.11 bits per heavy atom. The molecule has 0 saturated carbocycles. The zero-order chi connectivity index (χ0) is 19.5. The molecule has 0 amide bonds. The van der Waals surface area contributed by atoms with Crippen LogP contribution in [0, 0.1) is 6.92 Å². The van der Waals surface area contributed by atoms with Crippen molar-refractivity contribution in [3.05, 3.63) is 71.9 Å². The number of aromatic nitrogens is 2. The van der Waals surface area contributed by atoms with E-state index in [0.29, 0.717) is 0 Å². The summed E-state index contributed by atoms with van der Waals surface area (Å²) in [5.41, 5.74) is 4.15. The van der Waals surface area contributed by atoms with Crippen LogP contribution in [0.3, 0.4) is 0 Å². The monoisotopic (exact) mass is 375 g/mol. The minimum Gasteiger partial charge on any atom is -0.459 e. The van der Waals surface area contributed by atoms with Crippen LogP contribution in [0.25, 0.3) is 16.6 Å². The van der Waals surface area contributed by atoms with Gasteiger partial charge in [-0.1, -0.05) is 24.3 Å². The number of aliphatic imine (C=N–C) groups is 1. The fourth-order valence-corrected chi connectivity index (χ4v) is 3.32. The van der Waals surface area contributed by atoms with Crippen LogP contribution in [-0.2, 0) is 6.42 Å². The van der Waals surface area contributed by atoms with Crippen molar-refractivity contribution in [2.45, 2.75) is 26.3 Å². The molecule has 1 unspecified atom stereocenters. The smallest absolute Gasteiger partial charge is 0.191 e. The number of furan rings is 1. The summed E-state index contributed by atoms with van der Waals surface area (Å²) in [5, 5.41) is 7.85. The first kappa shape index (κ1) is 18.1. The van der Waals surface area contributed by atoms with Gasteiger partial charge in [-0.25, -0.2) is 4.98 Å². The van der Waals surface area contributed by atoms with Gasteiger partial charge in [-0.2, -0.15) is 0 Å². The second-order valence-corrected chi connectivity index (χ2v) is 6.96. The van der Waals surface area contributed by atoms with E-state index in [0.717, 1.165) is 47.0 Å². The van der Waals surface area contributed by atoms with Crippen molar-refractivity contribution in [3.8, 4) is 0 Å². The van der Waals surface area contributed by atoms with E-state index in [1.54, 1.807) is 7.05 Å². The highest BCUT2D eigenvalue weighted by atomic mass is 16.3. The summed E-state index contributed by atoms with van der Waals surface area (Å²) in [6.45, 7) is 4.89. The number of nitrogens with one attached hydrogen (secondary N) is 2. The number of nitrogens with zero attached hydrogens (tertiary/aromatic N) is 3. The number of rotatable bonds is 5. The molecule has 0 bridgehead atoms. The SMILES string of the molecule is CN=C(NCCc1cn2cccc(C)c2n1)NC(C)c1cc2ccccc2o1. The molecule has 0 aliphatic carbocycles. The third kappa shape index (κ3) is 3.71. The molecule has 6 nitrogen and oxygen atoms in total. The van der Waals surface area contributed by atoms with Gasteiger partial charge in [-0.05, 0) is 37.6 Å². The number of pyridine rings is 1. The van der Waals surface area contributed by atoms with Crippen LogP contribution >= 0.6 is 0 Å². The number of imidazole rings is 1. The molecule has 28 heavy (non-hydrogen) atoms. The minimum atomic E-state index is 0.0106. The highest BCUT2D eigenvalue weighted by Gasteiger charge is 2.13. The summed E-state index contributed by atoms with van der Waals surface area (Å²) in [4.78, 5) is 9.04. The van der Waals surface area contributed by atoms with E-state index in [9.17, 15) is 0 Å². The largest absolute Gasteiger partial charge is 0.459 e. The Morgan fingerprint density at radius 3 is 2.89 bits per heavy atom. The number of fused-ring (bicyclic) bond motifs is 2. The first-order valence-electron chi connectivity index (χ1n) is 9.53. The molecule has 3 heterocycles. The maximum Gasteiger partial charge on any atom is 0.191 e. The minimum absolute atomic E-state index is 0.0106. The van der Waals surface area contributed by atoms with Gasteiger partial charge in [0, 0.05) is 37.8 Å². The summed E-state index contributed by atoms with van der Waals surface area (Å²) in [7, 11) is 1.77. The summed E-state index contributed by atoms with van der Waals surface area (Å²) < 4.78 is 8.01. The van der Waals surface area contributed by atoms with E-state index in [1.807, 2.05) is 30.5 Å². The van der Waals surface area contributed by atoms with E-state index in [2.05, 4.69) is 58.3 Å². The van der Waals surface area contributed by atoms with Crippen molar-refractivity contribution in [2.24, 2.45) is 4.99 Å². The van der Waals surface area contributed by atoms with Gasteiger partial charge in [0.05, 0.1) is 11.7 Å². The molecule has 0 radical (unpaired) electrons. The van der Waals surface area contributed by atoms with Crippen LogP contribution in [0.1, 0.15) is 30.0 Å². The van der Waals surface area contributed by atoms with Crippen LogP contribution in [-0.4, -0.2) is 28.9 Å². The molecule has 6 heteroatoms. The summed E-state index contributed by atoms with van der Waals surface area (Å²) in [5.74, 6) is 1.63. The van der Waals surface area contributed by atoms with Gasteiger partial charge in [0.25, 0.3) is 0 Å². The molecule has 4 aromatic rings. The quantitative estimate of drug-likeness (QED) is 0.411. The molecule has 0 aliphatic rings. The topological polar surface area (TPSA) is 66.9 Å². The van der Waals surface area contributed by atoms with E-state index in [4.69, 9.17) is 9.40 Å². The van der Waals surface area contributed by atoms with Gasteiger partial charge in [0.1, 0.15) is 17.0 Å². The van der Waals surface area contributed by atoms with Crippen LogP contribution in [0.2, 0.25) is 0 Å². The molecule has 0 saturated heterocycles. The van der Waals surface area contributed by atoms with Crippen molar-refractivity contribution >= 4 is 22.6 Å². The normalized spacial score (nSPS) is 13.2. The molecule has 144 valence electrons. The number of hydrogen-bond acceptors (Lipinski definition) is 3. The Kier molecular flexibility index (Phi) is 5.02. The lowest BCUT2D eigenvalue weighted by molar-refractivity contribution is 0.488. The fraction of sp³-hybridized carbons (Fsp3) is 0.273. The predicted molar refractivity (Wildman–Crippen MR) is 113 cm³/mol. The summed E-state index contributed by atoms with van der Waals surface area (Å²) in [6, 6.07) is 14.2. The van der Waals surface area contributed by atoms with Crippen molar-refractivity contribution in [2.75, 3.05) is 13.6 Å². The molecule has 2 N–H and O–H groups in total. The second-order valence-electron chi connectivity index (χ2n) is 6.96. The third-order valence-electron chi connectivity index (χ3n) is 4.85. The first-order chi connectivity index (χ1) is 13.6. The highest BCUT2D eigenvalue weighted by molar-refractivity contribution is 5.81. The highest BCUT2D eigenvalue weighted by Crippen LogP contribution is 2.23. The van der Waals surface area contributed by atoms with Gasteiger partial charge >= 0.3 is 0 Å². The zero-order valence-electron chi connectivity index (χ0n) is 16.4. The number of benzene rings is 1. The van der Waals surface area contributed by atoms with Gasteiger partial charge in [0.2, 0.25) is 0 Å². The molecule has 3 aromatic heterocycles. The van der Waals surface area contributed by atoms with Crippen LogP contribution in [0.5, 0.6) is 0 Å². The Balaban J connectivity index is 1.35. The molecule has 1 aromatic carbocycles. The maximum absolute atomic E-state index is 5.94. The first-order valence-corrected chi connectivity index (χ1v) is 9.53. The lowest BCUT2D eigenvalue weighted by Crippen LogP contribution is -2.39. The lowest BCUT2D eigenvalue weighted by Gasteiger charge is -2.16. The second kappa shape index (κ2) is 7.76. The lowest BCUT2D eigenvalue weighted by atomic mass is 10.2. The standard InChI is InChI=1S/C22H25N5O/c1-15-7-6-12-27-14-18(26-21(15)27)10-11-24-22(23-3)25-16(2)20-13-17-8-4-5-9-19(17)28-20/h4-9,12-14,16H,10-11H2,1-3H3,(H2,23,24,25). The number of aryl methyl sites for hydroxylation is 1. The Hall–Kier alpha value is -3.28. The van der Waals surface area contributed by atoms with Crippen molar-refractivity contribution in [1.29, 1.82) is 0 Å². The molecule has 4 rings (SSSR count). The van der Waals surface area contributed by atoms with E-state index < -0.39 is 0 Å². The van der Waals surface area contributed by atoms with E-state index in [-0.39, 0.29) is 6.04 Å². The molecule has 0 aliphatic heterocycles. The van der Waals surface area contributed by atoms with Gasteiger partial charge < -0.3 is 19.5 Å². The third-order valence-corrected chi connectivity index (χ3v) is 4.85. The fourth-order valence-electron chi connectivity index (χ4n) is 3.32.